The first kappa shape index (κ1) is 25.7. The largest absolute Gasteiger partial charge is 0.481 e. The smallest absolute Gasteiger partial charge is 0.325 e. The van der Waals surface area contributed by atoms with E-state index in [1.54, 1.807) is 0 Å². The summed E-state index contributed by atoms with van der Waals surface area (Å²) < 4.78 is 0. The van der Waals surface area contributed by atoms with Gasteiger partial charge in [0.1, 0.15) is 18.1 Å². The summed E-state index contributed by atoms with van der Waals surface area (Å²) in [4.78, 5) is 68.3. The Kier molecular flexibility index (Phi) is 10.9. The third kappa shape index (κ3) is 10.0. The number of amides is 3. The predicted octanol–water partition coefficient (Wildman–Crippen LogP) is -3.80. The third-order valence-electron chi connectivity index (χ3n) is 3.56. The molecule has 0 aromatic rings. The van der Waals surface area contributed by atoms with Crippen molar-refractivity contribution in [2.45, 2.75) is 50.4 Å². The maximum Gasteiger partial charge on any atom is 0.325 e. The van der Waals surface area contributed by atoms with Gasteiger partial charge in [0.25, 0.3) is 0 Å². The number of hydrogen-bond acceptors (Lipinski definition) is 8. The number of nitrogens with two attached hydrogens (primary N) is 1. The van der Waals surface area contributed by atoms with E-state index in [0.717, 1.165) is 6.92 Å². The van der Waals surface area contributed by atoms with Crippen LogP contribution >= 0.6 is 0 Å². The molecule has 0 bridgehead atoms. The van der Waals surface area contributed by atoms with E-state index < -0.39 is 79.2 Å². The molecular weight excluding hydrogens is 396 g/mol. The molecule has 0 saturated heterocycles. The van der Waals surface area contributed by atoms with E-state index in [2.05, 4.69) is 5.32 Å². The molecule has 0 aliphatic rings. The van der Waals surface area contributed by atoms with Gasteiger partial charge in [-0.3, -0.25) is 28.8 Å². The van der Waals surface area contributed by atoms with Gasteiger partial charge in [0.15, 0.2) is 0 Å². The molecule has 0 rings (SSSR count). The quantitative estimate of drug-likeness (QED) is 0.143. The number of rotatable bonds is 13. The van der Waals surface area contributed by atoms with Crippen LogP contribution in [-0.4, -0.2) is 86.8 Å². The molecular formula is C15H24N4O10. The van der Waals surface area contributed by atoms with E-state index in [1.807, 2.05) is 10.6 Å². The minimum Gasteiger partial charge on any atom is -0.481 e. The fourth-order valence-corrected chi connectivity index (χ4v) is 1.91. The van der Waals surface area contributed by atoms with Crippen molar-refractivity contribution >= 4 is 35.6 Å². The van der Waals surface area contributed by atoms with Crippen LogP contribution in [0.4, 0.5) is 0 Å². The first-order valence-electron chi connectivity index (χ1n) is 8.33. The Balaban J connectivity index is 5.07. The lowest BCUT2D eigenvalue weighted by Gasteiger charge is -2.23. The molecule has 9 N–H and O–H groups in total. The summed E-state index contributed by atoms with van der Waals surface area (Å²) in [6.45, 7) is 0.186. The monoisotopic (exact) mass is 420 g/mol. The molecule has 164 valence electrons. The number of hydrogen-bond donors (Lipinski definition) is 8. The van der Waals surface area contributed by atoms with Crippen molar-refractivity contribution < 1.29 is 49.2 Å². The van der Waals surface area contributed by atoms with Crippen LogP contribution in [0.3, 0.4) is 0 Å². The second-order valence-corrected chi connectivity index (χ2v) is 6.01. The van der Waals surface area contributed by atoms with Gasteiger partial charge in [-0.2, -0.15) is 0 Å². The highest BCUT2D eigenvalue weighted by atomic mass is 16.4. The molecule has 0 saturated carbocycles. The fourth-order valence-electron chi connectivity index (χ4n) is 1.91. The molecule has 14 nitrogen and oxygen atoms in total. The molecule has 0 heterocycles. The second-order valence-electron chi connectivity index (χ2n) is 6.01. The van der Waals surface area contributed by atoms with Gasteiger partial charge in [-0.15, -0.1) is 0 Å². The van der Waals surface area contributed by atoms with Crippen LogP contribution in [0.2, 0.25) is 0 Å². The maximum atomic E-state index is 12.2. The van der Waals surface area contributed by atoms with Crippen molar-refractivity contribution in [3.05, 3.63) is 0 Å². The van der Waals surface area contributed by atoms with Crippen molar-refractivity contribution in [2.24, 2.45) is 5.73 Å². The summed E-state index contributed by atoms with van der Waals surface area (Å²) in [5.41, 5.74) is 5.48. The van der Waals surface area contributed by atoms with Crippen LogP contribution in [0.25, 0.3) is 0 Å². The average molecular weight is 420 g/mol. The van der Waals surface area contributed by atoms with Crippen molar-refractivity contribution in [1.82, 2.24) is 16.0 Å². The Morgan fingerprint density at radius 1 is 0.828 bits per heavy atom. The zero-order valence-corrected chi connectivity index (χ0v) is 15.5. The van der Waals surface area contributed by atoms with Gasteiger partial charge in [0, 0.05) is 6.42 Å². The lowest BCUT2D eigenvalue weighted by Crippen LogP contribution is -2.58. The van der Waals surface area contributed by atoms with Crippen LogP contribution in [-0.2, 0) is 28.8 Å². The molecule has 0 aromatic heterocycles. The first-order valence-corrected chi connectivity index (χ1v) is 8.33. The Hall–Kier alpha value is -3.26. The molecule has 3 amide bonds. The van der Waals surface area contributed by atoms with Gasteiger partial charge in [0.05, 0.1) is 19.1 Å². The van der Waals surface area contributed by atoms with Crippen molar-refractivity contribution in [3.8, 4) is 0 Å². The Bertz CT molecular complexity index is 653. The minimum atomic E-state index is -1.69. The number of carbonyl (C=O) groups excluding carboxylic acids is 3. The van der Waals surface area contributed by atoms with E-state index in [9.17, 15) is 33.9 Å². The normalized spacial score (nSPS) is 14.6. The molecule has 4 atom stereocenters. The van der Waals surface area contributed by atoms with Gasteiger partial charge >= 0.3 is 17.9 Å². The second kappa shape index (κ2) is 12.2. The Labute approximate surface area is 164 Å². The predicted molar refractivity (Wildman–Crippen MR) is 93.3 cm³/mol. The molecule has 0 aliphatic heterocycles. The number of aliphatic hydroxyl groups excluding tert-OH is 1. The van der Waals surface area contributed by atoms with Gasteiger partial charge in [0.2, 0.25) is 17.7 Å². The van der Waals surface area contributed by atoms with E-state index in [4.69, 9.17) is 21.1 Å². The van der Waals surface area contributed by atoms with E-state index in [-0.39, 0.29) is 6.42 Å². The number of aliphatic carboxylic acids is 3. The number of carbonyl (C=O) groups is 6. The lowest BCUT2D eigenvalue weighted by atomic mass is 10.1. The molecule has 4 unspecified atom stereocenters. The van der Waals surface area contributed by atoms with Crippen LogP contribution < -0.4 is 21.7 Å². The Morgan fingerprint density at radius 3 is 1.79 bits per heavy atom. The topological polar surface area (TPSA) is 245 Å². The van der Waals surface area contributed by atoms with Crippen LogP contribution in [0.1, 0.15) is 26.2 Å². The van der Waals surface area contributed by atoms with Crippen molar-refractivity contribution in [2.75, 3.05) is 6.61 Å². The summed E-state index contributed by atoms with van der Waals surface area (Å²) in [7, 11) is 0. The molecule has 0 spiro atoms. The number of carboxylic acid groups (broad SMARTS) is 3. The van der Waals surface area contributed by atoms with Crippen LogP contribution in [0, 0.1) is 0 Å². The molecule has 0 fully saturated rings. The van der Waals surface area contributed by atoms with Gasteiger partial charge < -0.3 is 42.1 Å². The SMILES string of the molecule is CC(NC(=O)C(CC(=O)O)NC(=O)C(CO)NC(=O)C(N)CCC(=O)O)C(=O)O. The highest BCUT2D eigenvalue weighted by Gasteiger charge is 2.30. The third-order valence-corrected chi connectivity index (χ3v) is 3.56. The van der Waals surface area contributed by atoms with Crippen LogP contribution in [0.5, 0.6) is 0 Å². The number of nitrogens with one attached hydrogen (secondary N) is 3. The first-order chi connectivity index (χ1) is 13.4. The number of carboxylic acids is 3. The van der Waals surface area contributed by atoms with Gasteiger partial charge in [-0.1, -0.05) is 0 Å². The maximum absolute atomic E-state index is 12.2. The molecule has 29 heavy (non-hydrogen) atoms. The Morgan fingerprint density at radius 2 is 1.34 bits per heavy atom. The molecule has 0 aliphatic carbocycles. The van der Waals surface area contributed by atoms with E-state index in [1.165, 1.54) is 0 Å². The minimum absolute atomic E-state index is 0.238. The molecule has 0 radical (unpaired) electrons. The van der Waals surface area contributed by atoms with Gasteiger partial charge in [-0.05, 0) is 13.3 Å². The van der Waals surface area contributed by atoms with Crippen molar-refractivity contribution in [3.63, 3.8) is 0 Å². The average Bonchev–Trinajstić information content (AvgIpc) is 2.62. The zero-order valence-electron chi connectivity index (χ0n) is 15.5. The summed E-state index contributed by atoms with van der Waals surface area (Å²) >= 11 is 0. The van der Waals surface area contributed by atoms with E-state index >= 15 is 0 Å². The summed E-state index contributed by atoms with van der Waals surface area (Å²) in [6.07, 6.45) is -1.54. The standard InChI is InChI=1S/C15H24N4O10/c1-6(15(28)29)17-13(26)8(4-11(23)24)18-14(27)9(5-20)19-12(25)7(16)2-3-10(21)22/h6-9,20H,2-5,16H2,1H3,(H,17,26)(H,18,27)(H,19,25)(H,21,22)(H,23,24)(H,28,29). The molecule has 0 aromatic carbocycles. The summed E-state index contributed by atoms with van der Waals surface area (Å²) in [5.74, 6) is -7.24. The highest BCUT2D eigenvalue weighted by molar-refractivity contribution is 5.95. The summed E-state index contributed by atoms with van der Waals surface area (Å²) in [6, 6.07) is -5.95. The van der Waals surface area contributed by atoms with E-state index in [0.29, 0.717) is 0 Å². The van der Waals surface area contributed by atoms with Gasteiger partial charge in [-0.25, -0.2) is 0 Å². The molecule has 14 heteroatoms. The number of aliphatic hydroxyl groups is 1. The highest BCUT2D eigenvalue weighted by Crippen LogP contribution is 1.99. The summed E-state index contributed by atoms with van der Waals surface area (Å²) in [5, 5.41) is 41.6. The van der Waals surface area contributed by atoms with Crippen molar-refractivity contribution in [1.29, 1.82) is 0 Å². The van der Waals surface area contributed by atoms with Crippen LogP contribution in [0.15, 0.2) is 0 Å². The fraction of sp³-hybridized carbons (Fsp3) is 0.600. The lowest BCUT2D eigenvalue weighted by molar-refractivity contribution is -0.143. The zero-order chi connectivity index (χ0) is 22.7.